The Morgan fingerprint density at radius 2 is 1.86 bits per heavy atom. The van der Waals surface area contributed by atoms with Crippen LogP contribution >= 0.6 is 0 Å². The smallest absolute Gasteiger partial charge is 0.226 e. The number of ether oxygens (including phenoxy) is 2. The number of rotatable bonds is 8. The molecule has 8 heteroatoms. The summed E-state index contributed by atoms with van der Waals surface area (Å²) in [4.78, 5) is 16.3. The average Bonchev–Trinajstić information content (AvgIpc) is 3.18. The van der Waals surface area contributed by atoms with E-state index in [9.17, 15) is 9.18 Å². The number of hydrogen-bond donors (Lipinski definition) is 1. The first-order valence-corrected chi connectivity index (χ1v) is 8.69. The number of aromatic nitrogens is 2. The van der Waals surface area contributed by atoms with Gasteiger partial charge in [0.15, 0.2) is 11.5 Å². The number of nitrogens with zero attached hydrogens (tertiary/aromatic N) is 2. The second-order valence-corrected chi connectivity index (χ2v) is 5.99. The zero-order valence-corrected chi connectivity index (χ0v) is 15.6. The van der Waals surface area contributed by atoms with Gasteiger partial charge in [-0.1, -0.05) is 5.16 Å². The number of carbonyl (C=O) groups is 1. The Balaban J connectivity index is 1.53. The van der Waals surface area contributed by atoms with Crippen LogP contribution in [0.3, 0.4) is 0 Å². The number of carbonyl (C=O) groups excluding carboxylic acids is 1. The molecule has 0 aliphatic rings. The zero-order valence-electron chi connectivity index (χ0n) is 15.6. The zero-order chi connectivity index (χ0) is 19.9. The van der Waals surface area contributed by atoms with Gasteiger partial charge in [-0.2, -0.15) is 4.98 Å². The molecule has 0 spiro atoms. The summed E-state index contributed by atoms with van der Waals surface area (Å²) in [6.07, 6.45) is 1.29. The van der Waals surface area contributed by atoms with Crippen molar-refractivity contribution < 1.29 is 23.2 Å². The first kappa shape index (κ1) is 19.3. The summed E-state index contributed by atoms with van der Waals surface area (Å²) in [7, 11) is 3.12. The Morgan fingerprint density at radius 1 is 1.11 bits per heavy atom. The molecule has 1 N–H and O–H groups in total. The molecule has 0 saturated heterocycles. The Morgan fingerprint density at radius 3 is 2.57 bits per heavy atom. The summed E-state index contributed by atoms with van der Waals surface area (Å²) in [5, 5.41) is 6.68. The lowest BCUT2D eigenvalue weighted by Crippen LogP contribution is -2.11. The highest BCUT2D eigenvalue weighted by Gasteiger charge is 2.12. The van der Waals surface area contributed by atoms with Crippen LogP contribution in [-0.2, 0) is 11.2 Å². The average molecular weight is 385 g/mol. The van der Waals surface area contributed by atoms with Gasteiger partial charge in [0, 0.05) is 24.1 Å². The SMILES string of the molecule is COc1ccc(-c2noc(CCCC(=O)Nc3ccc(F)cc3)n2)cc1OC. The molecule has 0 fully saturated rings. The van der Waals surface area contributed by atoms with Crippen molar-refractivity contribution in [3.8, 4) is 22.9 Å². The van der Waals surface area contributed by atoms with Crippen LogP contribution in [0.4, 0.5) is 10.1 Å². The molecule has 2 aromatic carbocycles. The number of aryl methyl sites for hydroxylation is 1. The summed E-state index contributed by atoms with van der Waals surface area (Å²) >= 11 is 0. The van der Waals surface area contributed by atoms with Crippen molar-refractivity contribution in [2.24, 2.45) is 0 Å². The number of benzene rings is 2. The monoisotopic (exact) mass is 385 g/mol. The highest BCUT2D eigenvalue weighted by Crippen LogP contribution is 2.31. The largest absolute Gasteiger partial charge is 0.493 e. The molecule has 3 rings (SSSR count). The van der Waals surface area contributed by atoms with Crippen molar-refractivity contribution in [3.05, 3.63) is 54.2 Å². The second-order valence-electron chi connectivity index (χ2n) is 5.99. The van der Waals surface area contributed by atoms with Gasteiger partial charge in [0.05, 0.1) is 14.2 Å². The molecule has 0 radical (unpaired) electrons. The van der Waals surface area contributed by atoms with Crippen molar-refractivity contribution in [1.82, 2.24) is 10.1 Å². The number of methoxy groups -OCH3 is 2. The van der Waals surface area contributed by atoms with Gasteiger partial charge in [-0.3, -0.25) is 4.79 Å². The molecule has 1 aromatic heterocycles. The molecule has 0 aliphatic carbocycles. The highest BCUT2D eigenvalue weighted by atomic mass is 19.1. The maximum Gasteiger partial charge on any atom is 0.226 e. The van der Waals surface area contributed by atoms with Crippen molar-refractivity contribution in [3.63, 3.8) is 0 Å². The molecule has 7 nitrogen and oxygen atoms in total. The third-order valence-corrected chi connectivity index (χ3v) is 4.03. The van der Waals surface area contributed by atoms with E-state index in [-0.39, 0.29) is 18.1 Å². The van der Waals surface area contributed by atoms with Crippen LogP contribution < -0.4 is 14.8 Å². The van der Waals surface area contributed by atoms with Gasteiger partial charge >= 0.3 is 0 Å². The van der Waals surface area contributed by atoms with E-state index in [0.717, 1.165) is 5.56 Å². The molecular formula is C20H20FN3O4. The fraction of sp³-hybridized carbons (Fsp3) is 0.250. The van der Waals surface area contributed by atoms with Crippen LogP contribution in [-0.4, -0.2) is 30.3 Å². The molecule has 0 unspecified atom stereocenters. The number of hydrogen-bond acceptors (Lipinski definition) is 6. The van der Waals surface area contributed by atoms with E-state index in [0.29, 0.717) is 41.7 Å². The normalized spacial score (nSPS) is 10.5. The van der Waals surface area contributed by atoms with E-state index in [1.54, 1.807) is 26.4 Å². The van der Waals surface area contributed by atoms with E-state index in [1.807, 2.05) is 6.07 Å². The van der Waals surface area contributed by atoms with Crippen molar-refractivity contribution in [2.45, 2.75) is 19.3 Å². The molecule has 146 valence electrons. The lowest BCUT2D eigenvalue weighted by Gasteiger charge is -2.07. The second kappa shape index (κ2) is 8.98. The van der Waals surface area contributed by atoms with Crippen molar-refractivity contribution in [2.75, 3.05) is 19.5 Å². The van der Waals surface area contributed by atoms with E-state index in [4.69, 9.17) is 14.0 Å². The van der Waals surface area contributed by atoms with E-state index < -0.39 is 0 Å². The first-order valence-electron chi connectivity index (χ1n) is 8.69. The van der Waals surface area contributed by atoms with Crippen LogP contribution in [0.15, 0.2) is 47.0 Å². The summed E-state index contributed by atoms with van der Waals surface area (Å²) in [5.74, 6) is 1.56. The predicted molar refractivity (Wildman–Crippen MR) is 101 cm³/mol. The fourth-order valence-corrected chi connectivity index (χ4v) is 2.61. The molecule has 0 aliphatic heterocycles. The lowest BCUT2D eigenvalue weighted by molar-refractivity contribution is -0.116. The minimum atomic E-state index is -0.348. The molecule has 3 aromatic rings. The highest BCUT2D eigenvalue weighted by molar-refractivity contribution is 5.90. The van der Waals surface area contributed by atoms with Gasteiger partial charge < -0.3 is 19.3 Å². The van der Waals surface area contributed by atoms with Gasteiger partial charge in [0.1, 0.15) is 5.82 Å². The van der Waals surface area contributed by atoms with E-state index in [1.165, 1.54) is 24.3 Å². The number of halogens is 1. The van der Waals surface area contributed by atoms with Gasteiger partial charge in [-0.25, -0.2) is 4.39 Å². The molecule has 1 amide bonds. The van der Waals surface area contributed by atoms with Crippen LogP contribution in [0.5, 0.6) is 11.5 Å². The molecule has 0 saturated carbocycles. The Hall–Kier alpha value is -3.42. The number of anilines is 1. The third-order valence-electron chi connectivity index (χ3n) is 4.03. The van der Waals surface area contributed by atoms with Gasteiger partial charge in [-0.05, 0) is 48.9 Å². The standard InChI is InChI=1S/C20H20FN3O4/c1-26-16-11-6-13(12-17(16)27-2)20-23-19(28-24-20)5-3-4-18(25)22-15-9-7-14(21)8-10-15/h6-12H,3-5H2,1-2H3,(H,22,25). The van der Waals surface area contributed by atoms with E-state index >= 15 is 0 Å². The maximum absolute atomic E-state index is 12.9. The predicted octanol–water partition coefficient (Wildman–Crippen LogP) is 3.85. The van der Waals surface area contributed by atoms with Crippen molar-refractivity contribution >= 4 is 11.6 Å². The van der Waals surface area contributed by atoms with Crippen LogP contribution in [0.2, 0.25) is 0 Å². The van der Waals surface area contributed by atoms with Gasteiger partial charge in [0.25, 0.3) is 0 Å². The summed E-state index contributed by atoms with van der Waals surface area (Å²) < 4.78 is 28.6. The minimum Gasteiger partial charge on any atom is -0.493 e. The minimum absolute atomic E-state index is 0.161. The van der Waals surface area contributed by atoms with Gasteiger partial charge in [-0.15, -0.1) is 0 Å². The first-order chi connectivity index (χ1) is 13.6. The fourth-order valence-electron chi connectivity index (χ4n) is 2.61. The molecule has 28 heavy (non-hydrogen) atoms. The van der Waals surface area contributed by atoms with Crippen LogP contribution in [0, 0.1) is 5.82 Å². The summed E-state index contributed by atoms with van der Waals surface area (Å²) in [6, 6.07) is 11.0. The number of nitrogens with one attached hydrogen (secondary N) is 1. The van der Waals surface area contributed by atoms with E-state index in [2.05, 4.69) is 15.5 Å². The topological polar surface area (TPSA) is 86.5 Å². The summed E-state index contributed by atoms with van der Waals surface area (Å²) in [5.41, 5.74) is 1.29. The quantitative estimate of drug-likeness (QED) is 0.634. The molecule has 0 bridgehead atoms. The lowest BCUT2D eigenvalue weighted by atomic mass is 10.2. The Labute approximate surface area is 161 Å². The van der Waals surface area contributed by atoms with Gasteiger partial charge in [0.2, 0.25) is 17.6 Å². The maximum atomic E-state index is 12.9. The van der Waals surface area contributed by atoms with Crippen LogP contribution in [0.25, 0.3) is 11.4 Å². The molecule has 0 atom stereocenters. The summed E-state index contributed by atoms with van der Waals surface area (Å²) in [6.45, 7) is 0. The molecular weight excluding hydrogens is 365 g/mol. The molecule has 1 heterocycles. The van der Waals surface area contributed by atoms with Crippen LogP contribution in [0.1, 0.15) is 18.7 Å². The Kier molecular flexibility index (Phi) is 6.21. The number of amides is 1. The third kappa shape index (κ3) is 4.85. The Bertz CT molecular complexity index is 941. The van der Waals surface area contributed by atoms with Crippen molar-refractivity contribution in [1.29, 1.82) is 0 Å².